The number of amides is 3. The van der Waals surface area contributed by atoms with Crippen molar-refractivity contribution >= 4 is 23.7 Å². The molecule has 2 aliphatic rings. The number of methoxy groups -OCH3 is 2. The van der Waals surface area contributed by atoms with Crippen LogP contribution in [0.1, 0.15) is 6.92 Å². The Morgan fingerprint density at radius 3 is 2.59 bits per heavy atom. The number of hydrogen-bond donors (Lipinski definition) is 4. The van der Waals surface area contributed by atoms with Crippen molar-refractivity contribution < 1.29 is 39.1 Å². The van der Waals surface area contributed by atoms with Gasteiger partial charge in [0.2, 0.25) is 5.91 Å². The minimum absolute atomic E-state index is 0.102. The van der Waals surface area contributed by atoms with Crippen LogP contribution in [0.15, 0.2) is 23.1 Å². The van der Waals surface area contributed by atoms with Crippen LogP contribution < -0.4 is 14.8 Å². The van der Waals surface area contributed by atoms with E-state index in [4.69, 9.17) is 14.2 Å². The molecule has 2 heterocycles. The number of urea groups is 1. The van der Waals surface area contributed by atoms with E-state index in [9.17, 15) is 24.9 Å². The van der Waals surface area contributed by atoms with Crippen LogP contribution >= 0.6 is 11.8 Å². The van der Waals surface area contributed by atoms with Gasteiger partial charge in [-0.05, 0) is 25.1 Å². The molecule has 3 rings (SSSR count). The minimum atomic E-state index is -1.42. The van der Waals surface area contributed by atoms with Gasteiger partial charge >= 0.3 is 6.03 Å². The number of ether oxygens (including phenoxy) is 3. The van der Waals surface area contributed by atoms with Crippen LogP contribution in [-0.2, 0) is 9.53 Å². The van der Waals surface area contributed by atoms with E-state index in [0.29, 0.717) is 16.4 Å². The molecule has 0 aromatic heterocycles. The molecule has 10 nitrogen and oxygen atoms in total. The fourth-order valence-electron chi connectivity index (χ4n) is 3.30. The van der Waals surface area contributed by atoms with E-state index in [-0.39, 0.29) is 6.54 Å². The van der Waals surface area contributed by atoms with E-state index in [1.807, 2.05) is 0 Å². The van der Waals surface area contributed by atoms with E-state index < -0.39 is 47.8 Å². The maximum absolute atomic E-state index is 12.7. The first-order valence-electron chi connectivity index (χ1n) is 8.89. The Bertz CT molecular complexity index is 793. The SMILES string of the molecule is COc1ccc(OC)c(S[C@]2(C)CN([C@@H]3O[C@H](CO)[C@@H](O)[C@H]3O)C(=O)NC2=O)c1. The third kappa shape index (κ3) is 4.01. The molecule has 2 fully saturated rings. The molecular weight excluding hydrogens is 404 g/mol. The fraction of sp³-hybridized carbons (Fsp3) is 0.556. The van der Waals surface area contributed by atoms with Crippen LogP contribution in [0.2, 0.25) is 0 Å². The first-order chi connectivity index (χ1) is 13.7. The first-order valence-corrected chi connectivity index (χ1v) is 9.71. The van der Waals surface area contributed by atoms with Gasteiger partial charge in [0.1, 0.15) is 34.6 Å². The monoisotopic (exact) mass is 428 g/mol. The summed E-state index contributed by atoms with van der Waals surface area (Å²) < 4.78 is 14.9. The highest BCUT2D eigenvalue weighted by molar-refractivity contribution is 8.01. The molecule has 0 saturated carbocycles. The van der Waals surface area contributed by atoms with Crippen LogP contribution in [0.5, 0.6) is 11.5 Å². The second-order valence-corrected chi connectivity index (χ2v) is 8.51. The molecule has 0 bridgehead atoms. The van der Waals surface area contributed by atoms with Gasteiger partial charge in [0.05, 0.1) is 25.7 Å². The van der Waals surface area contributed by atoms with Crippen molar-refractivity contribution in [1.82, 2.24) is 10.2 Å². The Morgan fingerprint density at radius 1 is 1.28 bits per heavy atom. The van der Waals surface area contributed by atoms with Crippen LogP contribution in [0.25, 0.3) is 0 Å². The van der Waals surface area contributed by atoms with E-state index in [0.717, 1.165) is 4.90 Å². The summed E-state index contributed by atoms with van der Waals surface area (Å²) in [6, 6.07) is 4.40. The van der Waals surface area contributed by atoms with Crippen molar-refractivity contribution in [2.75, 3.05) is 27.4 Å². The molecule has 1 aromatic carbocycles. The topological polar surface area (TPSA) is 138 Å². The Hall–Kier alpha value is -2.05. The second kappa shape index (κ2) is 8.36. The number of imide groups is 1. The smallest absolute Gasteiger partial charge is 0.326 e. The Morgan fingerprint density at radius 2 is 2.00 bits per heavy atom. The predicted octanol–water partition coefficient (Wildman–Crippen LogP) is -0.455. The van der Waals surface area contributed by atoms with Gasteiger partial charge in [-0.1, -0.05) is 0 Å². The normalized spacial score (nSPS) is 32.3. The van der Waals surface area contributed by atoms with Crippen molar-refractivity contribution in [1.29, 1.82) is 0 Å². The summed E-state index contributed by atoms with van der Waals surface area (Å²) >= 11 is 1.17. The quantitative estimate of drug-likeness (QED) is 0.474. The summed E-state index contributed by atoms with van der Waals surface area (Å²) in [5.41, 5.74) is 0. The van der Waals surface area contributed by atoms with Gasteiger partial charge < -0.3 is 29.5 Å². The minimum Gasteiger partial charge on any atom is -0.497 e. The Labute approximate surface area is 171 Å². The van der Waals surface area contributed by atoms with Gasteiger partial charge in [-0.2, -0.15) is 0 Å². The maximum atomic E-state index is 12.7. The van der Waals surface area contributed by atoms with Crippen molar-refractivity contribution in [3.05, 3.63) is 18.2 Å². The lowest BCUT2D eigenvalue weighted by atomic mass is 10.1. The van der Waals surface area contributed by atoms with Gasteiger partial charge in [-0.15, -0.1) is 11.8 Å². The molecule has 5 atom stereocenters. The average Bonchev–Trinajstić information content (AvgIpc) is 2.99. The summed E-state index contributed by atoms with van der Waals surface area (Å²) in [4.78, 5) is 26.8. The Balaban J connectivity index is 1.87. The highest BCUT2D eigenvalue weighted by Crippen LogP contribution is 2.42. The third-order valence-electron chi connectivity index (χ3n) is 4.96. The van der Waals surface area contributed by atoms with E-state index >= 15 is 0 Å². The predicted molar refractivity (Wildman–Crippen MR) is 102 cm³/mol. The first kappa shape index (κ1) is 21.7. The molecule has 3 amide bonds. The largest absolute Gasteiger partial charge is 0.497 e. The number of aliphatic hydroxyl groups is 3. The number of rotatable bonds is 6. The lowest BCUT2D eigenvalue weighted by Gasteiger charge is -2.41. The van der Waals surface area contributed by atoms with E-state index in [1.165, 1.54) is 26.0 Å². The molecule has 0 aliphatic carbocycles. The average molecular weight is 428 g/mol. The number of aliphatic hydroxyl groups excluding tert-OH is 3. The molecule has 2 aliphatic heterocycles. The highest BCUT2D eigenvalue weighted by atomic mass is 32.2. The van der Waals surface area contributed by atoms with Crippen molar-refractivity contribution in [3.8, 4) is 11.5 Å². The van der Waals surface area contributed by atoms with Gasteiger partial charge in [-0.3, -0.25) is 15.0 Å². The van der Waals surface area contributed by atoms with Crippen molar-refractivity contribution in [2.24, 2.45) is 0 Å². The molecule has 160 valence electrons. The fourth-order valence-corrected chi connectivity index (χ4v) is 4.56. The third-order valence-corrected chi connectivity index (χ3v) is 6.27. The zero-order valence-electron chi connectivity index (χ0n) is 16.2. The summed E-state index contributed by atoms with van der Waals surface area (Å²) in [5, 5.41) is 31.8. The molecule has 2 saturated heterocycles. The summed E-state index contributed by atoms with van der Waals surface area (Å²) in [6.45, 7) is 1.03. The van der Waals surface area contributed by atoms with Crippen molar-refractivity contribution in [2.45, 2.75) is 41.1 Å². The zero-order chi connectivity index (χ0) is 21.3. The lowest BCUT2D eigenvalue weighted by Crippen LogP contribution is -2.65. The van der Waals surface area contributed by atoms with Gasteiger partial charge in [0, 0.05) is 6.54 Å². The molecule has 4 N–H and O–H groups in total. The highest BCUT2D eigenvalue weighted by Gasteiger charge is 2.52. The number of hydrogen-bond acceptors (Lipinski definition) is 9. The molecule has 29 heavy (non-hydrogen) atoms. The lowest BCUT2D eigenvalue weighted by molar-refractivity contribution is -0.128. The number of thioether (sulfide) groups is 1. The van der Waals surface area contributed by atoms with Crippen LogP contribution in [0.4, 0.5) is 4.79 Å². The molecular formula is C18H24N2O8S. The summed E-state index contributed by atoms with van der Waals surface area (Å²) in [5.74, 6) is 0.589. The number of nitrogens with one attached hydrogen (secondary N) is 1. The summed E-state index contributed by atoms with van der Waals surface area (Å²) in [6.07, 6.45) is -5.01. The van der Waals surface area contributed by atoms with Gasteiger partial charge in [0.25, 0.3) is 0 Å². The van der Waals surface area contributed by atoms with Crippen LogP contribution in [0, 0.1) is 0 Å². The second-order valence-electron chi connectivity index (χ2n) is 6.97. The maximum Gasteiger partial charge on any atom is 0.326 e. The number of carbonyl (C=O) groups is 2. The molecule has 1 aromatic rings. The standard InChI is InChI=1S/C18H24N2O8S/c1-18(29-12-6-9(26-2)4-5-10(12)27-3)8-20(17(25)19-16(18)24)15-14(23)13(22)11(7-21)28-15/h4-6,11,13-15,21-23H,7-8H2,1-3H3,(H,19,24,25)/t11-,13-,14-,15-,18-/m1/s1. The molecule has 11 heteroatoms. The van der Waals surface area contributed by atoms with Crippen LogP contribution in [-0.4, -0.2) is 88.8 Å². The Kier molecular flexibility index (Phi) is 6.24. The van der Waals surface area contributed by atoms with E-state index in [1.54, 1.807) is 25.1 Å². The molecule has 0 radical (unpaired) electrons. The van der Waals surface area contributed by atoms with E-state index in [2.05, 4.69) is 5.32 Å². The molecule has 0 unspecified atom stereocenters. The van der Waals surface area contributed by atoms with Gasteiger partial charge in [-0.25, -0.2) is 4.79 Å². The van der Waals surface area contributed by atoms with Crippen LogP contribution in [0.3, 0.4) is 0 Å². The summed E-state index contributed by atoms with van der Waals surface area (Å²) in [7, 11) is 3.03. The number of nitrogens with zero attached hydrogens (tertiary/aromatic N) is 1. The molecule has 0 spiro atoms. The zero-order valence-corrected chi connectivity index (χ0v) is 17.0. The van der Waals surface area contributed by atoms with Gasteiger partial charge in [0.15, 0.2) is 6.23 Å². The van der Waals surface area contributed by atoms with Crippen molar-refractivity contribution in [3.63, 3.8) is 0 Å². The number of carbonyl (C=O) groups excluding carboxylic acids is 2. The number of benzene rings is 1.